The number of benzene rings is 1. The van der Waals surface area contributed by atoms with Crippen LogP contribution in [-0.2, 0) is 10.0 Å². The lowest BCUT2D eigenvalue weighted by atomic mass is 10.1. The van der Waals surface area contributed by atoms with Gasteiger partial charge in [-0.2, -0.15) is 12.6 Å². The quantitative estimate of drug-likeness (QED) is 0.375. The molecule has 0 bridgehead atoms. The molecule has 3 N–H and O–H groups in total. The number of sulfonamides is 1. The van der Waals surface area contributed by atoms with Crippen molar-refractivity contribution in [3.8, 4) is 0 Å². The van der Waals surface area contributed by atoms with Crippen LogP contribution in [0.4, 0.5) is 5.69 Å². The van der Waals surface area contributed by atoms with Crippen LogP contribution >= 0.6 is 12.6 Å². The van der Waals surface area contributed by atoms with Crippen molar-refractivity contribution >= 4 is 28.3 Å². The van der Waals surface area contributed by atoms with Crippen molar-refractivity contribution < 1.29 is 13.3 Å². The van der Waals surface area contributed by atoms with Crippen LogP contribution in [-0.4, -0.2) is 31.7 Å². The summed E-state index contributed by atoms with van der Waals surface area (Å²) in [6.07, 6.45) is 1.27. The zero-order chi connectivity index (χ0) is 16.9. The predicted molar refractivity (Wildman–Crippen MR) is 88.8 cm³/mol. The van der Waals surface area contributed by atoms with Crippen molar-refractivity contribution in [2.75, 3.05) is 13.1 Å². The predicted octanol–water partition coefficient (Wildman–Crippen LogP) is 1.53. The van der Waals surface area contributed by atoms with Gasteiger partial charge in [0.15, 0.2) is 0 Å². The Hall–Kier alpha value is -1.16. The van der Waals surface area contributed by atoms with Crippen molar-refractivity contribution in [3.63, 3.8) is 0 Å². The number of nitrogens with one attached hydrogen (secondary N) is 1. The highest BCUT2D eigenvalue weighted by molar-refractivity contribution is 7.89. The molecule has 1 aromatic rings. The van der Waals surface area contributed by atoms with Crippen LogP contribution < -0.4 is 10.5 Å². The second kappa shape index (κ2) is 7.91. The summed E-state index contributed by atoms with van der Waals surface area (Å²) in [4.78, 5) is 10.3. The zero-order valence-electron chi connectivity index (χ0n) is 12.6. The molecule has 0 fully saturated rings. The monoisotopic (exact) mass is 347 g/mol. The van der Waals surface area contributed by atoms with E-state index in [1.807, 2.05) is 0 Å². The Kier molecular flexibility index (Phi) is 6.79. The van der Waals surface area contributed by atoms with Gasteiger partial charge in [-0.15, -0.1) is 0 Å². The smallest absolute Gasteiger partial charge is 0.270 e. The van der Waals surface area contributed by atoms with Crippen molar-refractivity contribution in [1.29, 1.82) is 0 Å². The first-order valence-electron chi connectivity index (χ1n) is 6.82. The van der Waals surface area contributed by atoms with Gasteiger partial charge in [0, 0.05) is 23.9 Å². The second-order valence-corrected chi connectivity index (χ2v) is 7.52. The van der Waals surface area contributed by atoms with Gasteiger partial charge in [-0.25, -0.2) is 13.1 Å². The number of non-ortho nitro benzene ring substituents is 1. The molecule has 1 unspecified atom stereocenters. The largest absolute Gasteiger partial charge is 0.330 e. The Labute approximate surface area is 135 Å². The van der Waals surface area contributed by atoms with Gasteiger partial charge in [-0.05, 0) is 44.4 Å². The molecule has 0 aliphatic heterocycles. The minimum atomic E-state index is -3.71. The Morgan fingerprint density at radius 2 is 1.86 bits per heavy atom. The molecule has 0 heterocycles. The maximum Gasteiger partial charge on any atom is 0.270 e. The van der Waals surface area contributed by atoms with E-state index in [0.717, 1.165) is 0 Å². The van der Waals surface area contributed by atoms with E-state index < -0.39 is 14.9 Å². The molecular weight excluding hydrogens is 326 g/mol. The molecule has 1 rings (SSSR count). The number of thiol groups is 1. The van der Waals surface area contributed by atoms with E-state index in [9.17, 15) is 18.5 Å². The summed E-state index contributed by atoms with van der Waals surface area (Å²) in [5, 5.41) is 10.8. The molecule has 9 heteroatoms. The third kappa shape index (κ3) is 4.94. The summed E-state index contributed by atoms with van der Waals surface area (Å²) in [6.45, 7) is 3.84. The van der Waals surface area contributed by atoms with Crippen LogP contribution in [0.5, 0.6) is 0 Å². The first kappa shape index (κ1) is 18.9. The van der Waals surface area contributed by atoms with Crippen LogP contribution in [0, 0.1) is 24.0 Å². The first-order chi connectivity index (χ1) is 10.2. The fourth-order valence-electron chi connectivity index (χ4n) is 2.23. The number of nitro benzene ring substituents is 1. The number of hydrogen-bond acceptors (Lipinski definition) is 6. The van der Waals surface area contributed by atoms with E-state index in [0.29, 0.717) is 30.5 Å². The lowest BCUT2D eigenvalue weighted by Crippen LogP contribution is -2.28. The highest BCUT2D eigenvalue weighted by atomic mass is 32.2. The average molecular weight is 347 g/mol. The Morgan fingerprint density at radius 3 is 2.32 bits per heavy atom. The molecule has 1 atom stereocenters. The van der Waals surface area contributed by atoms with E-state index in [1.54, 1.807) is 13.8 Å². The minimum Gasteiger partial charge on any atom is -0.330 e. The Morgan fingerprint density at radius 1 is 1.32 bits per heavy atom. The topological polar surface area (TPSA) is 115 Å². The summed E-state index contributed by atoms with van der Waals surface area (Å²) < 4.78 is 27.2. The fourth-order valence-corrected chi connectivity index (χ4v) is 4.00. The summed E-state index contributed by atoms with van der Waals surface area (Å²) in [7, 11) is -3.71. The molecule has 0 saturated carbocycles. The van der Waals surface area contributed by atoms with E-state index in [-0.39, 0.29) is 22.4 Å². The molecule has 0 amide bonds. The van der Waals surface area contributed by atoms with Gasteiger partial charge in [0.1, 0.15) is 0 Å². The minimum absolute atomic E-state index is 0.0340. The molecule has 0 radical (unpaired) electrons. The van der Waals surface area contributed by atoms with Gasteiger partial charge in [0.25, 0.3) is 5.69 Å². The molecule has 0 spiro atoms. The van der Waals surface area contributed by atoms with E-state index >= 15 is 0 Å². The van der Waals surface area contributed by atoms with E-state index in [1.165, 1.54) is 12.1 Å². The van der Waals surface area contributed by atoms with Crippen LogP contribution in [0.15, 0.2) is 17.0 Å². The number of nitrogens with two attached hydrogens (primary N) is 1. The molecule has 1 aromatic carbocycles. The molecule has 22 heavy (non-hydrogen) atoms. The molecule has 0 saturated heterocycles. The van der Waals surface area contributed by atoms with Crippen LogP contribution in [0.1, 0.15) is 24.0 Å². The van der Waals surface area contributed by atoms with Crippen LogP contribution in [0.2, 0.25) is 0 Å². The number of aryl methyl sites for hydroxylation is 2. The van der Waals surface area contributed by atoms with E-state index in [4.69, 9.17) is 5.73 Å². The highest BCUT2D eigenvalue weighted by Gasteiger charge is 2.22. The summed E-state index contributed by atoms with van der Waals surface area (Å²) in [5.41, 5.74) is 6.00. The van der Waals surface area contributed by atoms with Crippen LogP contribution in [0.3, 0.4) is 0 Å². The fraction of sp³-hybridized carbons (Fsp3) is 0.538. The Balaban J connectivity index is 2.92. The SMILES string of the molecule is Cc1cc([N+](=O)[O-])cc(C)c1S(=O)(=O)NCCC(S)CCN. The van der Waals surface area contributed by atoms with Gasteiger partial charge < -0.3 is 5.73 Å². The lowest BCUT2D eigenvalue weighted by Gasteiger charge is -2.13. The second-order valence-electron chi connectivity index (χ2n) is 5.08. The number of nitrogens with zero attached hydrogens (tertiary/aromatic N) is 1. The van der Waals surface area contributed by atoms with E-state index in [2.05, 4.69) is 17.4 Å². The number of rotatable bonds is 8. The zero-order valence-corrected chi connectivity index (χ0v) is 14.3. The standard InChI is InChI=1S/C13H21N3O4S2/c1-9-7-11(16(17)18)8-10(2)13(9)22(19,20)15-6-4-12(21)3-5-14/h7-8,12,15,21H,3-6,14H2,1-2H3. The third-order valence-corrected chi connectivity index (χ3v) is 5.48. The maximum atomic E-state index is 12.4. The summed E-state index contributed by atoms with van der Waals surface area (Å²) in [6, 6.07) is 2.52. The van der Waals surface area contributed by atoms with Crippen molar-refractivity contribution in [1.82, 2.24) is 4.72 Å². The van der Waals surface area contributed by atoms with Gasteiger partial charge in [0.2, 0.25) is 10.0 Å². The van der Waals surface area contributed by atoms with Gasteiger partial charge in [-0.1, -0.05) is 0 Å². The van der Waals surface area contributed by atoms with Gasteiger partial charge in [0.05, 0.1) is 9.82 Å². The lowest BCUT2D eigenvalue weighted by molar-refractivity contribution is -0.385. The molecule has 0 aliphatic rings. The average Bonchev–Trinajstić information content (AvgIpc) is 2.37. The molecule has 7 nitrogen and oxygen atoms in total. The summed E-state index contributed by atoms with van der Waals surface area (Å²) in [5.74, 6) is 0. The first-order valence-corrected chi connectivity index (χ1v) is 8.82. The van der Waals surface area contributed by atoms with Crippen LogP contribution in [0.25, 0.3) is 0 Å². The highest BCUT2D eigenvalue weighted by Crippen LogP contribution is 2.25. The van der Waals surface area contributed by atoms with Crippen molar-refractivity contribution in [2.24, 2.45) is 5.73 Å². The third-order valence-electron chi connectivity index (χ3n) is 3.19. The number of hydrogen-bond donors (Lipinski definition) is 3. The van der Waals surface area contributed by atoms with Gasteiger partial charge >= 0.3 is 0 Å². The number of nitro groups is 1. The summed E-state index contributed by atoms with van der Waals surface area (Å²) >= 11 is 4.31. The molecule has 0 aromatic heterocycles. The maximum absolute atomic E-state index is 12.4. The molecular formula is C13H21N3O4S2. The molecule has 0 aliphatic carbocycles. The molecule has 124 valence electrons. The Bertz CT molecular complexity index is 624. The normalized spacial score (nSPS) is 13.1. The van der Waals surface area contributed by atoms with Crippen molar-refractivity contribution in [3.05, 3.63) is 33.4 Å². The van der Waals surface area contributed by atoms with Gasteiger partial charge in [-0.3, -0.25) is 10.1 Å². The van der Waals surface area contributed by atoms with Crippen molar-refractivity contribution in [2.45, 2.75) is 36.8 Å².